The minimum Gasteiger partial charge on any atom is -0.378 e. The Morgan fingerprint density at radius 2 is 1.88 bits per heavy atom. The molecular weight excluding hydrogens is 296 g/mol. The maximum atomic E-state index is 4.46. The van der Waals surface area contributed by atoms with Crippen molar-refractivity contribution in [3.05, 3.63) is 59.7 Å². The number of para-hydroxylation sites is 1. The Morgan fingerprint density at radius 3 is 2.58 bits per heavy atom. The van der Waals surface area contributed by atoms with Crippen LogP contribution in [-0.2, 0) is 12.8 Å². The van der Waals surface area contributed by atoms with Gasteiger partial charge in [0.05, 0.1) is 0 Å². The van der Waals surface area contributed by atoms with Crippen LogP contribution >= 0.6 is 0 Å². The SMILES string of the molecule is CN=C(NCCc1ccc(N(C)C)cc1)N1CCc2ccccc21. The Kier molecular flexibility index (Phi) is 5.04. The topological polar surface area (TPSA) is 30.9 Å². The Labute approximate surface area is 144 Å². The van der Waals surface area contributed by atoms with E-state index in [0.717, 1.165) is 31.9 Å². The Morgan fingerprint density at radius 1 is 1.12 bits per heavy atom. The van der Waals surface area contributed by atoms with Gasteiger partial charge in [0.1, 0.15) is 0 Å². The maximum absolute atomic E-state index is 4.46. The molecule has 24 heavy (non-hydrogen) atoms. The molecule has 1 aliphatic rings. The van der Waals surface area contributed by atoms with Crippen LogP contribution in [0.5, 0.6) is 0 Å². The van der Waals surface area contributed by atoms with Crippen molar-refractivity contribution in [2.45, 2.75) is 12.8 Å². The number of guanidine groups is 1. The molecule has 0 saturated heterocycles. The van der Waals surface area contributed by atoms with Crippen molar-refractivity contribution in [2.75, 3.05) is 44.0 Å². The molecule has 0 amide bonds. The van der Waals surface area contributed by atoms with Crippen molar-refractivity contribution in [1.29, 1.82) is 0 Å². The summed E-state index contributed by atoms with van der Waals surface area (Å²) >= 11 is 0. The summed E-state index contributed by atoms with van der Waals surface area (Å²) in [6, 6.07) is 17.3. The lowest BCUT2D eigenvalue weighted by Crippen LogP contribution is -2.41. The van der Waals surface area contributed by atoms with E-state index in [-0.39, 0.29) is 0 Å². The third kappa shape index (κ3) is 3.53. The molecule has 2 aromatic rings. The van der Waals surface area contributed by atoms with Crippen LogP contribution in [0.3, 0.4) is 0 Å². The smallest absolute Gasteiger partial charge is 0.198 e. The predicted octanol–water partition coefficient (Wildman–Crippen LogP) is 2.93. The lowest BCUT2D eigenvalue weighted by atomic mass is 10.1. The normalized spacial score (nSPS) is 13.8. The highest BCUT2D eigenvalue weighted by molar-refractivity contribution is 5.97. The number of benzene rings is 2. The van der Waals surface area contributed by atoms with Gasteiger partial charge in [0.15, 0.2) is 5.96 Å². The molecule has 4 heteroatoms. The van der Waals surface area contributed by atoms with Gasteiger partial charge in [-0.1, -0.05) is 30.3 Å². The first-order chi connectivity index (χ1) is 11.7. The summed E-state index contributed by atoms with van der Waals surface area (Å²) in [6.07, 6.45) is 2.07. The number of nitrogens with zero attached hydrogens (tertiary/aromatic N) is 3. The van der Waals surface area contributed by atoms with Crippen LogP contribution in [0.25, 0.3) is 0 Å². The van der Waals surface area contributed by atoms with Crippen LogP contribution in [0.4, 0.5) is 11.4 Å². The van der Waals surface area contributed by atoms with Gasteiger partial charge in [-0.25, -0.2) is 0 Å². The van der Waals surface area contributed by atoms with Crippen molar-refractivity contribution in [2.24, 2.45) is 4.99 Å². The van der Waals surface area contributed by atoms with Gasteiger partial charge < -0.3 is 15.1 Å². The van der Waals surface area contributed by atoms with Crippen molar-refractivity contribution >= 4 is 17.3 Å². The molecule has 0 fully saturated rings. The van der Waals surface area contributed by atoms with E-state index < -0.39 is 0 Å². The van der Waals surface area contributed by atoms with Crippen LogP contribution in [0.2, 0.25) is 0 Å². The molecule has 1 heterocycles. The molecule has 0 aliphatic carbocycles. The molecule has 0 spiro atoms. The van der Waals surface area contributed by atoms with Crippen molar-refractivity contribution in [1.82, 2.24) is 5.32 Å². The largest absolute Gasteiger partial charge is 0.378 e. The summed E-state index contributed by atoms with van der Waals surface area (Å²) in [5, 5.41) is 3.50. The summed E-state index contributed by atoms with van der Waals surface area (Å²) in [5.41, 5.74) is 5.25. The zero-order valence-corrected chi connectivity index (χ0v) is 14.8. The summed E-state index contributed by atoms with van der Waals surface area (Å²) in [4.78, 5) is 8.86. The monoisotopic (exact) mass is 322 g/mol. The highest BCUT2D eigenvalue weighted by Gasteiger charge is 2.21. The van der Waals surface area contributed by atoms with Gasteiger partial charge in [0, 0.05) is 45.6 Å². The first-order valence-corrected chi connectivity index (χ1v) is 8.51. The first kappa shape index (κ1) is 16.4. The quantitative estimate of drug-likeness (QED) is 0.693. The van der Waals surface area contributed by atoms with Gasteiger partial charge in [-0.15, -0.1) is 0 Å². The Bertz CT molecular complexity index is 704. The van der Waals surface area contributed by atoms with Gasteiger partial charge >= 0.3 is 0 Å². The second-order valence-electron chi connectivity index (χ2n) is 6.32. The van der Waals surface area contributed by atoms with Crippen LogP contribution in [-0.4, -0.2) is 40.2 Å². The average molecular weight is 322 g/mol. The van der Waals surface area contributed by atoms with Crippen molar-refractivity contribution in [3.63, 3.8) is 0 Å². The fraction of sp³-hybridized carbons (Fsp3) is 0.350. The van der Waals surface area contributed by atoms with Gasteiger partial charge in [0.25, 0.3) is 0 Å². The molecule has 4 nitrogen and oxygen atoms in total. The molecule has 0 unspecified atom stereocenters. The third-order valence-corrected chi connectivity index (χ3v) is 4.50. The number of anilines is 2. The maximum Gasteiger partial charge on any atom is 0.198 e. The van der Waals surface area contributed by atoms with Crippen LogP contribution in [0.1, 0.15) is 11.1 Å². The van der Waals surface area contributed by atoms with E-state index in [1.165, 1.54) is 22.5 Å². The number of rotatable bonds is 4. The van der Waals surface area contributed by atoms with Gasteiger partial charge in [-0.05, 0) is 42.2 Å². The van der Waals surface area contributed by atoms with E-state index in [1.807, 2.05) is 7.05 Å². The molecule has 0 radical (unpaired) electrons. The molecule has 0 aromatic heterocycles. The lowest BCUT2D eigenvalue weighted by Gasteiger charge is -2.22. The molecule has 1 aliphatic heterocycles. The predicted molar refractivity (Wildman–Crippen MR) is 103 cm³/mol. The van der Waals surface area contributed by atoms with E-state index in [0.29, 0.717) is 0 Å². The van der Waals surface area contributed by atoms with E-state index in [2.05, 4.69) is 82.7 Å². The minimum atomic E-state index is 0.882. The fourth-order valence-electron chi connectivity index (χ4n) is 3.13. The molecule has 0 saturated carbocycles. The zero-order chi connectivity index (χ0) is 16.9. The van der Waals surface area contributed by atoms with Gasteiger partial charge in [-0.3, -0.25) is 4.99 Å². The molecule has 0 bridgehead atoms. The average Bonchev–Trinajstić information content (AvgIpc) is 3.03. The summed E-state index contributed by atoms with van der Waals surface area (Å²) in [7, 11) is 5.98. The molecule has 126 valence electrons. The summed E-state index contributed by atoms with van der Waals surface area (Å²) < 4.78 is 0. The number of aliphatic imine (C=N–C) groups is 1. The highest BCUT2D eigenvalue weighted by atomic mass is 15.3. The molecule has 3 rings (SSSR count). The molecular formula is C20H26N4. The van der Waals surface area contributed by atoms with Gasteiger partial charge in [-0.2, -0.15) is 0 Å². The lowest BCUT2D eigenvalue weighted by molar-refractivity contribution is 0.836. The van der Waals surface area contributed by atoms with E-state index in [4.69, 9.17) is 0 Å². The second-order valence-corrected chi connectivity index (χ2v) is 6.32. The first-order valence-electron chi connectivity index (χ1n) is 8.51. The minimum absolute atomic E-state index is 0.882. The number of nitrogens with one attached hydrogen (secondary N) is 1. The van der Waals surface area contributed by atoms with Crippen molar-refractivity contribution in [3.8, 4) is 0 Å². The van der Waals surface area contributed by atoms with E-state index >= 15 is 0 Å². The summed E-state index contributed by atoms with van der Waals surface area (Å²) in [5.74, 6) is 0.963. The van der Waals surface area contributed by atoms with Crippen molar-refractivity contribution < 1.29 is 0 Å². The highest BCUT2D eigenvalue weighted by Crippen LogP contribution is 2.27. The number of fused-ring (bicyclic) bond motifs is 1. The molecule has 1 N–H and O–H groups in total. The zero-order valence-electron chi connectivity index (χ0n) is 14.8. The Hall–Kier alpha value is -2.49. The van der Waals surface area contributed by atoms with Crippen LogP contribution in [0.15, 0.2) is 53.5 Å². The number of hydrogen-bond acceptors (Lipinski definition) is 2. The Balaban J connectivity index is 1.58. The van der Waals surface area contributed by atoms with E-state index in [9.17, 15) is 0 Å². The van der Waals surface area contributed by atoms with Crippen LogP contribution < -0.4 is 15.1 Å². The molecule has 0 atom stereocenters. The fourth-order valence-corrected chi connectivity index (χ4v) is 3.13. The summed E-state index contributed by atoms with van der Waals surface area (Å²) in [6.45, 7) is 1.88. The third-order valence-electron chi connectivity index (χ3n) is 4.50. The standard InChI is InChI=1S/C20H26N4/c1-21-20(24-15-13-17-6-4-5-7-19(17)24)22-14-12-16-8-10-18(11-9-16)23(2)3/h4-11H,12-15H2,1-3H3,(H,21,22). The van der Waals surface area contributed by atoms with Gasteiger partial charge in [0.2, 0.25) is 0 Å². The number of hydrogen-bond donors (Lipinski definition) is 1. The van der Waals surface area contributed by atoms with E-state index in [1.54, 1.807) is 0 Å². The second kappa shape index (κ2) is 7.39. The molecule has 2 aromatic carbocycles. The van der Waals surface area contributed by atoms with Crippen LogP contribution in [0, 0.1) is 0 Å².